The first-order valence-corrected chi connectivity index (χ1v) is 7.82. The number of nitrogens with zero attached hydrogens (tertiary/aromatic N) is 2. The van der Waals surface area contributed by atoms with Crippen LogP contribution in [0.15, 0.2) is 29.3 Å². The Morgan fingerprint density at radius 3 is 2.57 bits per heavy atom. The standard InChI is InChI=1S/C17H30N4/c1-6-14(3)20-17(18-7-2)19-12-15-9-8-10-16(11-15)13-21(4)5/h8-11,14H,6-7,12-13H2,1-5H3,(H2,18,19,20). The van der Waals surface area contributed by atoms with E-state index in [4.69, 9.17) is 0 Å². The highest BCUT2D eigenvalue weighted by Gasteiger charge is 2.03. The number of nitrogens with one attached hydrogen (secondary N) is 2. The van der Waals surface area contributed by atoms with Crippen LogP contribution in [0.4, 0.5) is 0 Å². The summed E-state index contributed by atoms with van der Waals surface area (Å²) in [5.74, 6) is 0.893. The van der Waals surface area contributed by atoms with Crippen LogP contribution in [0.25, 0.3) is 0 Å². The fraction of sp³-hybridized carbons (Fsp3) is 0.588. The van der Waals surface area contributed by atoms with Crippen LogP contribution < -0.4 is 10.6 Å². The van der Waals surface area contributed by atoms with Gasteiger partial charge in [-0.1, -0.05) is 31.2 Å². The van der Waals surface area contributed by atoms with Gasteiger partial charge in [-0.3, -0.25) is 0 Å². The molecule has 1 aromatic carbocycles. The van der Waals surface area contributed by atoms with Gasteiger partial charge in [0.05, 0.1) is 6.54 Å². The highest BCUT2D eigenvalue weighted by molar-refractivity contribution is 5.80. The zero-order valence-electron chi connectivity index (χ0n) is 14.1. The minimum atomic E-state index is 0.433. The molecule has 1 atom stereocenters. The van der Waals surface area contributed by atoms with E-state index >= 15 is 0 Å². The highest BCUT2D eigenvalue weighted by atomic mass is 15.2. The van der Waals surface area contributed by atoms with Crippen molar-refractivity contribution < 1.29 is 0 Å². The number of rotatable bonds is 7. The van der Waals surface area contributed by atoms with Gasteiger partial charge in [0.1, 0.15) is 0 Å². The second-order valence-corrected chi connectivity index (χ2v) is 5.71. The molecular weight excluding hydrogens is 260 g/mol. The SMILES string of the molecule is CCNC(=NCc1cccc(CN(C)C)c1)NC(C)CC. The third-order valence-electron chi connectivity index (χ3n) is 3.25. The zero-order valence-corrected chi connectivity index (χ0v) is 14.1. The van der Waals surface area contributed by atoms with Gasteiger partial charge in [-0.05, 0) is 45.5 Å². The first-order valence-electron chi connectivity index (χ1n) is 7.82. The van der Waals surface area contributed by atoms with E-state index in [1.165, 1.54) is 11.1 Å². The Hall–Kier alpha value is -1.55. The molecule has 21 heavy (non-hydrogen) atoms. The molecule has 0 heterocycles. The van der Waals surface area contributed by atoms with E-state index in [9.17, 15) is 0 Å². The predicted octanol–water partition coefficient (Wildman–Crippen LogP) is 2.60. The third-order valence-corrected chi connectivity index (χ3v) is 3.25. The molecule has 0 aliphatic rings. The fourth-order valence-corrected chi connectivity index (χ4v) is 2.02. The van der Waals surface area contributed by atoms with Crippen molar-refractivity contribution in [2.24, 2.45) is 4.99 Å². The molecule has 1 unspecified atom stereocenters. The van der Waals surface area contributed by atoms with Gasteiger partial charge in [-0.25, -0.2) is 4.99 Å². The summed E-state index contributed by atoms with van der Waals surface area (Å²) < 4.78 is 0. The summed E-state index contributed by atoms with van der Waals surface area (Å²) in [6.45, 7) is 8.97. The molecule has 4 nitrogen and oxygen atoms in total. The second kappa shape index (κ2) is 9.40. The van der Waals surface area contributed by atoms with Crippen molar-refractivity contribution >= 4 is 5.96 Å². The van der Waals surface area contributed by atoms with Gasteiger partial charge < -0.3 is 15.5 Å². The fourth-order valence-electron chi connectivity index (χ4n) is 2.02. The van der Waals surface area contributed by atoms with Crippen LogP contribution in [-0.2, 0) is 13.1 Å². The lowest BCUT2D eigenvalue weighted by Gasteiger charge is -2.16. The molecule has 0 saturated carbocycles. The summed E-state index contributed by atoms with van der Waals surface area (Å²) in [6, 6.07) is 9.07. The predicted molar refractivity (Wildman–Crippen MR) is 91.5 cm³/mol. The van der Waals surface area contributed by atoms with E-state index in [1.807, 2.05) is 0 Å². The van der Waals surface area contributed by atoms with Crippen molar-refractivity contribution in [1.29, 1.82) is 0 Å². The highest BCUT2D eigenvalue weighted by Crippen LogP contribution is 2.08. The summed E-state index contributed by atoms with van der Waals surface area (Å²) in [5.41, 5.74) is 2.57. The van der Waals surface area contributed by atoms with Crippen LogP contribution in [0.3, 0.4) is 0 Å². The molecule has 0 amide bonds. The van der Waals surface area contributed by atoms with Crippen LogP contribution in [0.1, 0.15) is 38.3 Å². The molecule has 0 radical (unpaired) electrons. The average Bonchev–Trinajstić information content (AvgIpc) is 2.44. The Labute approximate surface area is 129 Å². The quantitative estimate of drug-likeness (QED) is 0.599. The maximum Gasteiger partial charge on any atom is 0.191 e. The summed E-state index contributed by atoms with van der Waals surface area (Å²) in [7, 11) is 4.17. The summed E-state index contributed by atoms with van der Waals surface area (Å²) in [4.78, 5) is 6.85. The lowest BCUT2D eigenvalue weighted by Crippen LogP contribution is -2.41. The molecule has 0 aliphatic heterocycles. The van der Waals surface area contributed by atoms with E-state index in [2.05, 4.69) is 79.7 Å². The van der Waals surface area contributed by atoms with Crippen LogP contribution in [0, 0.1) is 0 Å². The molecule has 4 heteroatoms. The normalized spacial score (nSPS) is 13.3. The Morgan fingerprint density at radius 1 is 1.24 bits per heavy atom. The maximum atomic E-state index is 4.67. The molecule has 118 valence electrons. The third kappa shape index (κ3) is 7.14. The van der Waals surface area contributed by atoms with Crippen molar-refractivity contribution in [2.75, 3.05) is 20.6 Å². The van der Waals surface area contributed by atoms with Crippen molar-refractivity contribution in [3.8, 4) is 0 Å². The molecular formula is C17H30N4. The lowest BCUT2D eigenvalue weighted by atomic mass is 10.1. The summed E-state index contributed by atoms with van der Waals surface area (Å²) in [6.07, 6.45) is 1.09. The van der Waals surface area contributed by atoms with Gasteiger partial charge in [-0.2, -0.15) is 0 Å². The molecule has 0 aliphatic carbocycles. The minimum Gasteiger partial charge on any atom is -0.357 e. The van der Waals surface area contributed by atoms with E-state index in [0.717, 1.165) is 25.5 Å². The lowest BCUT2D eigenvalue weighted by molar-refractivity contribution is 0.402. The molecule has 0 spiro atoms. The number of benzene rings is 1. The summed E-state index contributed by atoms with van der Waals surface area (Å²) >= 11 is 0. The van der Waals surface area contributed by atoms with Gasteiger partial charge in [0.2, 0.25) is 0 Å². The topological polar surface area (TPSA) is 39.7 Å². The number of aliphatic imine (C=N–C) groups is 1. The van der Waals surface area contributed by atoms with E-state index in [1.54, 1.807) is 0 Å². The van der Waals surface area contributed by atoms with Gasteiger partial charge in [0.15, 0.2) is 5.96 Å². The van der Waals surface area contributed by atoms with Crippen LogP contribution in [0.5, 0.6) is 0 Å². The molecule has 2 N–H and O–H groups in total. The number of hydrogen-bond acceptors (Lipinski definition) is 2. The van der Waals surface area contributed by atoms with Gasteiger partial charge in [-0.15, -0.1) is 0 Å². The monoisotopic (exact) mass is 290 g/mol. The van der Waals surface area contributed by atoms with Crippen molar-refractivity contribution in [3.05, 3.63) is 35.4 Å². The van der Waals surface area contributed by atoms with Crippen molar-refractivity contribution in [3.63, 3.8) is 0 Å². The van der Waals surface area contributed by atoms with Crippen molar-refractivity contribution in [1.82, 2.24) is 15.5 Å². The molecule has 0 saturated heterocycles. The van der Waals surface area contributed by atoms with E-state index in [0.29, 0.717) is 12.6 Å². The first-order chi connectivity index (χ1) is 10.0. The maximum absolute atomic E-state index is 4.67. The molecule has 1 rings (SSSR count). The Bertz CT molecular complexity index is 440. The van der Waals surface area contributed by atoms with Crippen LogP contribution >= 0.6 is 0 Å². The van der Waals surface area contributed by atoms with E-state index < -0.39 is 0 Å². The number of hydrogen-bond donors (Lipinski definition) is 2. The van der Waals surface area contributed by atoms with Crippen LogP contribution in [-0.4, -0.2) is 37.5 Å². The zero-order chi connectivity index (χ0) is 15.7. The molecule has 0 aromatic heterocycles. The van der Waals surface area contributed by atoms with E-state index in [-0.39, 0.29) is 0 Å². The molecule has 1 aromatic rings. The Balaban J connectivity index is 2.70. The number of guanidine groups is 1. The van der Waals surface area contributed by atoms with Crippen LogP contribution in [0.2, 0.25) is 0 Å². The Morgan fingerprint density at radius 2 is 1.95 bits per heavy atom. The van der Waals surface area contributed by atoms with Gasteiger partial charge >= 0.3 is 0 Å². The largest absolute Gasteiger partial charge is 0.357 e. The minimum absolute atomic E-state index is 0.433. The smallest absolute Gasteiger partial charge is 0.191 e. The Kier molecular flexibility index (Phi) is 7.83. The summed E-state index contributed by atoms with van der Waals surface area (Å²) in [5, 5.41) is 6.71. The first kappa shape index (κ1) is 17.5. The second-order valence-electron chi connectivity index (χ2n) is 5.71. The average molecular weight is 290 g/mol. The van der Waals surface area contributed by atoms with Gasteiger partial charge in [0, 0.05) is 19.1 Å². The molecule has 0 fully saturated rings. The molecule has 0 bridgehead atoms. The van der Waals surface area contributed by atoms with Gasteiger partial charge in [0.25, 0.3) is 0 Å². The van der Waals surface area contributed by atoms with Crippen molar-refractivity contribution in [2.45, 2.75) is 46.3 Å².